The molecule has 4 nitrogen and oxygen atoms in total. The van der Waals surface area contributed by atoms with Crippen molar-refractivity contribution in [2.24, 2.45) is 0 Å². The van der Waals surface area contributed by atoms with Crippen molar-refractivity contribution in [3.8, 4) is 0 Å². The lowest BCUT2D eigenvalue weighted by Gasteiger charge is -2.26. The molecule has 1 aliphatic rings. The largest absolute Gasteiger partial charge is 0.379 e. The Balaban J connectivity index is 1.54. The lowest BCUT2D eigenvalue weighted by Crippen LogP contribution is -2.41. The molecule has 4 heteroatoms. The molecule has 0 radical (unpaired) electrons. The maximum absolute atomic E-state index is 11.8. The number of aryl methyl sites for hydroxylation is 2. The first-order valence-electron chi connectivity index (χ1n) is 7.86. The second kappa shape index (κ2) is 8.80. The van der Waals surface area contributed by atoms with Crippen LogP contribution in [0.3, 0.4) is 0 Å². The smallest absolute Gasteiger partial charge is 0.220 e. The van der Waals surface area contributed by atoms with Gasteiger partial charge in [0.1, 0.15) is 0 Å². The average molecular weight is 290 g/mol. The number of carbonyl (C=O) groups excluding carboxylic acids is 1. The normalized spacial score (nSPS) is 15.9. The Morgan fingerprint density at radius 1 is 1.24 bits per heavy atom. The minimum atomic E-state index is 0.162. The van der Waals surface area contributed by atoms with Gasteiger partial charge in [0.2, 0.25) is 5.91 Å². The predicted molar refractivity (Wildman–Crippen MR) is 84.4 cm³/mol. The Kier molecular flexibility index (Phi) is 6.70. The number of hydrogen-bond donors (Lipinski definition) is 1. The fourth-order valence-corrected chi connectivity index (χ4v) is 2.47. The summed E-state index contributed by atoms with van der Waals surface area (Å²) in [5.74, 6) is 0.162. The predicted octanol–water partition coefficient (Wildman–Crippen LogP) is 1.77. The van der Waals surface area contributed by atoms with Crippen LogP contribution in [0.25, 0.3) is 0 Å². The van der Waals surface area contributed by atoms with Crippen LogP contribution in [0.2, 0.25) is 0 Å². The number of morpholine rings is 1. The van der Waals surface area contributed by atoms with Crippen molar-refractivity contribution in [1.29, 1.82) is 0 Å². The van der Waals surface area contributed by atoms with Crippen LogP contribution in [0.4, 0.5) is 0 Å². The Labute approximate surface area is 127 Å². The number of carbonyl (C=O) groups is 1. The standard InChI is InChI=1S/C17H26N2O2/c1-15-5-7-16(8-6-15)3-2-4-17(20)18-9-10-19-11-13-21-14-12-19/h5-8H,2-4,9-14H2,1H3,(H,18,20). The van der Waals surface area contributed by atoms with Gasteiger partial charge in [0, 0.05) is 32.6 Å². The highest BCUT2D eigenvalue weighted by Gasteiger charge is 2.10. The highest BCUT2D eigenvalue weighted by molar-refractivity contribution is 5.75. The van der Waals surface area contributed by atoms with E-state index < -0.39 is 0 Å². The van der Waals surface area contributed by atoms with Crippen molar-refractivity contribution in [1.82, 2.24) is 10.2 Å². The molecule has 0 bridgehead atoms. The molecule has 0 aliphatic carbocycles. The summed E-state index contributed by atoms with van der Waals surface area (Å²) in [7, 11) is 0. The molecule has 21 heavy (non-hydrogen) atoms. The van der Waals surface area contributed by atoms with Gasteiger partial charge in [-0.15, -0.1) is 0 Å². The van der Waals surface area contributed by atoms with Crippen molar-refractivity contribution in [3.63, 3.8) is 0 Å². The zero-order valence-electron chi connectivity index (χ0n) is 12.9. The number of nitrogens with zero attached hydrogens (tertiary/aromatic N) is 1. The van der Waals surface area contributed by atoms with Crippen molar-refractivity contribution in [2.75, 3.05) is 39.4 Å². The summed E-state index contributed by atoms with van der Waals surface area (Å²) in [5, 5.41) is 3.00. The first-order valence-corrected chi connectivity index (χ1v) is 7.86. The molecule has 1 amide bonds. The Hall–Kier alpha value is -1.39. The van der Waals surface area contributed by atoms with Gasteiger partial charge in [0.25, 0.3) is 0 Å². The molecule has 1 aromatic rings. The van der Waals surface area contributed by atoms with Gasteiger partial charge in [-0.2, -0.15) is 0 Å². The second-order valence-electron chi connectivity index (χ2n) is 5.64. The van der Waals surface area contributed by atoms with Gasteiger partial charge in [0.15, 0.2) is 0 Å². The minimum absolute atomic E-state index is 0.162. The van der Waals surface area contributed by atoms with E-state index >= 15 is 0 Å². The fraction of sp³-hybridized carbons (Fsp3) is 0.588. The highest BCUT2D eigenvalue weighted by atomic mass is 16.5. The molecule has 1 fully saturated rings. The van der Waals surface area contributed by atoms with E-state index in [-0.39, 0.29) is 5.91 Å². The average Bonchev–Trinajstić information content (AvgIpc) is 2.50. The SMILES string of the molecule is Cc1ccc(CCCC(=O)NCCN2CCOCC2)cc1. The van der Waals surface area contributed by atoms with Gasteiger partial charge < -0.3 is 10.1 Å². The molecule has 116 valence electrons. The number of hydrogen-bond acceptors (Lipinski definition) is 3. The molecule has 2 rings (SSSR count). The first kappa shape index (κ1) is 16.0. The molecule has 1 aliphatic heterocycles. The quantitative estimate of drug-likeness (QED) is 0.832. The Morgan fingerprint density at radius 3 is 2.67 bits per heavy atom. The highest BCUT2D eigenvalue weighted by Crippen LogP contribution is 2.07. The van der Waals surface area contributed by atoms with Crippen molar-refractivity contribution >= 4 is 5.91 Å². The summed E-state index contributed by atoms with van der Waals surface area (Å²) < 4.78 is 5.30. The molecule has 1 saturated heterocycles. The van der Waals surface area contributed by atoms with Crippen molar-refractivity contribution in [3.05, 3.63) is 35.4 Å². The Bertz CT molecular complexity index is 425. The molecule has 0 spiro atoms. The van der Waals surface area contributed by atoms with E-state index in [9.17, 15) is 4.79 Å². The number of rotatable bonds is 7. The van der Waals surface area contributed by atoms with Gasteiger partial charge in [-0.25, -0.2) is 0 Å². The van der Waals surface area contributed by atoms with Crippen LogP contribution in [0.5, 0.6) is 0 Å². The molecule has 0 saturated carbocycles. The van der Waals surface area contributed by atoms with E-state index in [1.54, 1.807) is 0 Å². The van der Waals surface area contributed by atoms with Crippen LogP contribution >= 0.6 is 0 Å². The van der Waals surface area contributed by atoms with Gasteiger partial charge in [-0.3, -0.25) is 9.69 Å². The lowest BCUT2D eigenvalue weighted by atomic mass is 10.1. The summed E-state index contributed by atoms with van der Waals surface area (Å²) in [6.07, 6.45) is 2.49. The van der Waals surface area contributed by atoms with E-state index in [1.807, 2.05) is 0 Å². The molecule has 1 aromatic carbocycles. The summed E-state index contributed by atoms with van der Waals surface area (Å²) in [6.45, 7) is 7.32. The third-order valence-corrected chi connectivity index (χ3v) is 3.84. The number of amides is 1. The van der Waals surface area contributed by atoms with Crippen molar-refractivity contribution in [2.45, 2.75) is 26.2 Å². The van der Waals surface area contributed by atoms with Crippen LogP contribution in [0.15, 0.2) is 24.3 Å². The maximum Gasteiger partial charge on any atom is 0.220 e. The summed E-state index contributed by atoms with van der Waals surface area (Å²) in [6, 6.07) is 8.53. The van der Waals surface area contributed by atoms with Crippen LogP contribution in [0.1, 0.15) is 24.0 Å². The van der Waals surface area contributed by atoms with Gasteiger partial charge in [-0.1, -0.05) is 29.8 Å². The molecule has 0 unspecified atom stereocenters. The molecule has 0 aromatic heterocycles. The monoisotopic (exact) mass is 290 g/mol. The topological polar surface area (TPSA) is 41.6 Å². The minimum Gasteiger partial charge on any atom is -0.379 e. The number of benzene rings is 1. The maximum atomic E-state index is 11.8. The third-order valence-electron chi connectivity index (χ3n) is 3.84. The molecule has 0 atom stereocenters. The van der Waals surface area contributed by atoms with Gasteiger partial charge >= 0.3 is 0 Å². The van der Waals surface area contributed by atoms with E-state index in [0.29, 0.717) is 6.42 Å². The van der Waals surface area contributed by atoms with E-state index in [4.69, 9.17) is 4.74 Å². The molecular weight excluding hydrogens is 264 g/mol. The van der Waals surface area contributed by atoms with Gasteiger partial charge in [0.05, 0.1) is 13.2 Å². The van der Waals surface area contributed by atoms with Crippen LogP contribution in [0, 0.1) is 6.92 Å². The zero-order chi connectivity index (χ0) is 14.9. The van der Waals surface area contributed by atoms with Crippen LogP contribution < -0.4 is 5.32 Å². The molecule has 1 N–H and O–H groups in total. The molecule has 1 heterocycles. The zero-order valence-corrected chi connectivity index (χ0v) is 12.9. The molecular formula is C17H26N2O2. The lowest BCUT2D eigenvalue weighted by molar-refractivity contribution is -0.121. The van der Waals surface area contributed by atoms with E-state index in [1.165, 1.54) is 11.1 Å². The third kappa shape index (κ3) is 6.27. The number of nitrogens with one attached hydrogen (secondary N) is 1. The van der Waals surface area contributed by atoms with Crippen LogP contribution in [-0.4, -0.2) is 50.2 Å². The van der Waals surface area contributed by atoms with E-state index in [0.717, 1.165) is 52.2 Å². The van der Waals surface area contributed by atoms with Crippen LogP contribution in [-0.2, 0) is 16.0 Å². The summed E-state index contributed by atoms with van der Waals surface area (Å²) >= 11 is 0. The van der Waals surface area contributed by atoms with Crippen molar-refractivity contribution < 1.29 is 9.53 Å². The number of ether oxygens (including phenoxy) is 1. The summed E-state index contributed by atoms with van der Waals surface area (Å²) in [5.41, 5.74) is 2.58. The second-order valence-corrected chi connectivity index (χ2v) is 5.64. The Morgan fingerprint density at radius 2 is 1.95 bits per heavy atom. The van der Waals surface area contributed by atoms with Gasteiger partial charge in [-0.05, 0) is 25.3 Å². The van der Waals surface area contributed by atoms with E-state index in [2.05, 4.69) is 41.4 Å². The summed E-state index contributed by atoms with van der Waals surface area (Å²) in [4.78, 5) is 14.1. The first-order chi connectivity index (χ1) is 10.2. The fourth-order valence-electron chi connectivity index (χ4n) is 2.47.